The SMILES string of the molecule is CC(C)(C)[C@@H]1C(=O)Cc2ncccc21. The Bertz CT molecular complexity index is 376. The zero-order valence-corrected chi connectivity index (χ0v) is 8.87. The largest absolute Gasteiger partial charge is 0.299 e. The molecule has 0 spiro atoms. The summed E-state index contributed by atoms with van der Waals surface area (Å²) in [7, 11) is 0. The van der Waals surface area contributed by atoms with Gasteiger partial charge in [-0.25, -0.2) is 0 Å². The first-order valence-corrected chi connectivity index (χ1v) is 4.96. The van der Waals surface area contributed by atoms with Crippen LogP contribution in [0.4, 0.5) is 0 Å². The van der Waals surface area contributed by atoms with Crippen molar-refractivity contribution in [2.45, 2.75) is 33.1 Å². The van der Waals surface area contributed by atoms with Crippen molar-refractivity contribution < 1.29 is 4.79 Å². The van der Waals surface area contributed by atoms with E-state index in [1.807, 2.05) is 12.1 Å². The first-order valence-electron chi connectivity index (χ1n) is 4.96. The van der Waals surface area contributed by atoms with Gasteiger partial charge in [0.05, 0.1) is 5.69 Å². The molecule has 1 aromatic rings. The molecule has 1 atom stereocenters. The number of rotatable bonds is 0. The molecule has 0 aromatic carbocycles. The summed E-state index contributed by atoms with van der Waals surface area (Å²) in [5.41, 5.74) is 2.10. The van der Waals surface area contributed by atoms with Crippen molar-refractivity contribution in [3.05, 3.63) is 29.6 Å². The van der Waals surface area contributed by atoms with Crippen LogP contribution >= 0.6 is 0 Å². The van der Waals surface area contributed by atoms with Gasteiger partial charge in [-0.3, -0.25) is 9.78 Å². The minimum Gasteiger partial charge on any atom is -0.299 e. The fourth-order valence-electron chi connectivity index (χ4n) is 2.25. The van der Waals surface area contributed by atoms with Gasteiger partial charge < -0.3 is 0 Å². The fourth-order valence-corrected chi connectivity index (χ4v) is 2.25. The number of fused-ring (bicyclic) bond motifs is 1. The first-order chi connectivity index (χ1) is 6.50. The molecule has 0 bridgehead atoms. The van der Waals surface area contributed by atoms with Crippen LogP contribution in [0.2, 0.25) is 0 Å². The number of aromatic nitrogens is 1. The van der Waals surface area contributed by atoms with Gasteiger partial charge in [0.15, 0.2) is 0 Å². The van der Waals surface area contributed by atoms with Gasteiger partial charge in [0.2, 0.25) is 0 Å². The molecule has 0 saturated carbocycles. The van der Waals surface area contributed by atoms with Crippen molar-refractivity contribution in [3.8, 4) is 0 Å². The Labute approximate surface area is 84.4 Å². The lowest BCUT2D eigenvalue weighted by molar-refractivity contribution is -0.121. The van der Waals surface area contributed by atoms with Crippen molar-refractivity contribution in [3.63, 3.8) is 0 Å². The molecule has 2 nitrogen and oxygen atoms in total. The molecule has 2 heteroatoms. The highest BCUT2D eigenvalue weighted by Crippen LogP contribution is 2.41. The minimum atomic E-state index is 0.00532. The molecule has 0 aliphatic heterocycles. The number of pyridine rings is 1. The van der Waals surface area contributed by atoms with Gasteiger partial charge in [0, 0.05) is 18.5 Å². The van der Waals surface area contributed by atoms with Crippen LogP contribution in [0.3, 0.4) is 0 Å². The minimum absolute atomic E-state index is 0.00532. The highest BCUT2D eigenvalue weighted by molar-refractivity contribution is 5.92. The Balaban J connectivity index is 2.50. The second-order valence-corrected chi connectivity index (χ2v) is 4.98. The van der Waals surface area contributed by atoms with Gasteiger partial charge in [0.1, 0.15) is 5.78 Å². The molecule has 74 valence electrons. The van der Waals surface area contributed by atoms with Gasteiger partial charge in [0.25, 0.3) is 0 Å². The molecule has 0 N–H and O–H groups in total. The third-order valence-corrected chi connectivity index (χ3v) is 2.77. The van der Waals surface area contributed by atoms with Crippen LogP contribution in [0.15, 0.2) is 18.3 Å². The molecule has 0 unspecified atom stereocenters. The molecule has 1 aliphatic carbocycles. The molecule has 0 radical (unpaired) electrons. The van der Waals surface area contributed by atoms with Crippen LogP contribution in [-0.2, 0) is 11.2 Å². The van der Waals surface area contributed by atoms with Crippen LogP contribution in [0.25, 0.3) is 0 Å². The summed E-state index contributed by atoms with van der Waals surface area (Å²) >= 11 is 0. The normalized spacial score (nSPS) is 21.1. The maximum atomic E-state index is 11.8. The van der Waals surface area contributed by atoms with Crippen molar-refractivity contribution >= 4 is 5.78 Å². The van der Waals surface area contributed by atoms with E-state index in [-0.39, 0.29) is 11.3 Å². The molecule has 1 aliphatic rings. The van der Waals surface area contributed by atoms with Crippen LogP contribution in [0.5, 0.6) is 0 Å². The summed E-state index contributed by atoms with van der Waals surface area (Å²) in [4.78, 5) is 16.1. The molecule has 1 aromatic heterocycles. The summed E-state index contributed by atoms with van der Waals surface area (Å²) in [6.07, 6.45) is 2.27. The van der Waals surface area contributed by atoms with Gasteiger partial charge in [-0.2, -0.15) is 0 Å². The molecule has 0 fully saturated rings. The third-order valence-electron chi connectivity index (χ3n) is 2.77. The standard InChI is InChI=1S/C12H15NO/c1-12(2,3)11-8-5-4-6-13-9(8)7-10(11)14/h4-6,11H,7H2,1-3H3/t11-/m0/s1. The topological polar surface area (TPSA) is 30.0 Å². The van der Waals surface area contributed by atoms with E-state index in [9.17, 15) is 4.79 Å². The van der Waals surface area contributed by atoms with Crippen LogP contribution in [-0.4, -0.2) is 10.8 Å². The lowest BCUT2D eigenvalue weighted by atomic mass is 9.77. The number of ketones is 1. The number of carbonyl (C=O) groups excluding carboxylic acids is 1. The van der Waals surface area contributed by atoms with Crippen molar-refractivity contribution in [1.82, 2.24) is 4.98 Å². The second-order valence-electron chi connectivity index (χ2n) is 4.98. The Morgan fingerprint density at radius 3 is 2.79 bits per heavy atom. The van der Waals surface area contributed by atoms with E-state index in [0.717, 1.165) is 11.3 Å². The number of hydrogen-bond acceptors (Lipinski definition) is 2. The average Bonchev–Trinajstić information content (AvgIpc) is 2.38. The summed E-state index contributed by atoms with van der Waals surface area (Å²) in [5, 5.41) is 0. The monoisotopic (exact) mass is 189 g/mol. The Morgan fingerprint density at radius 1 is 1.43 bits per heavy atom. The maximum Gasteiger partial charge on any atom is 0.146 e. The van der Waals surface area contributed by atoms with Gasteiger partial charge in [-0.05, 0) is 17.0 Å². The summed E-state index contributed by atoms with van der Waals surface area (Å²) < 4.78 is 0. The number of Topliss-reactive ketones (excluding diaryl/α,β-unsaturated/α-hetero) is 1. The van der Waals surface area contributed by atoms with Gasteiger partial charge in [-0.1, -0.05) is 26.8 Å². The highest BCUT2D eigenvalue weighted by atomic mass is 16.1. The molecule has 0 amide bonds. The van der Waals surface area contributed by atoms with E-state index in [0.29, 0.717) is 12.2 Å². The Hall–Kier alpha value is -1.18. The smallest absolute Gasteiger partial charge is 0.146 e. The van der Waals surface area contributed by atoms with Crippen LogP contribution in [0, 0.1) is 5.41 Å². The van der Waals surface area contributed by atoms with E-state index < -0.39 is 0 Å². The number of hydrogen-bond donors (Lipinski definition) is 0. The van der Waals surface area contributed by atoms with E-state index >= 15 is 0 Å². The van der Waals surface area contributed by atoms with Crippen LogP contribution in [0.1, 0.15) is 37.9 Å². The van der Waals surface area contributed by atoms with Crippen molar-refractivity contribution in [1.29, 1.82) is 0 Å². The van der Waals surface area contributed by atoms with E-state index in [4.69, 9.17) is 0 Å². The van der Waals surface area contributed by atoms with Gasteiger partial charge in [-0.15, -0.1) is 0 Å². The molecular formula is C12H15NO. The highest BCUT2D eigenvalue weighted by Gasteiger charge is 2.39. The molecule has 0 saturated heterocycles. The van der Waals surface area contributed by atoms with Gasteiger partial charge >= 0.3 is 0 Å². The summed E-state index contributed by atoms with van der Waals surface area (Å²) in [5.74, 6) is 0.345. The van der Waals surface area contributed by atoms with E-state index in [1.165, 1.54) is 0 Å². The zero-order valence-electron chi connectivity index (χ0n) is 8.87. The summed E-state index contributed by atoms with van der Waals surface area (Å²) in [6.45, 7) is 6.33. The van der Waals surface area contributed by atoms with Crippen molar-refractivity contribution in [2.24, 2.45) is 5.41 Å². The number of carbonyl (C=O) groups is 1. The lowest BCUT2D eigenvalue weighted by Gasteiger charge is -2.26. The molecule has 14 heavy (non-hydrogen) atoms. The Morgan fingerprint density at radius 2 is 2.14 bits per heavy atom. The molecular weight excluding hydrogens is 174 g/mol. The maximum absolute atomic E-state index is 11.8. The van der Waals surface area contributed by atoms with E-state index in [2.05, 4.69) is 25.8 Å². The second kappa shape index (κ2) is 2.91. The quantitative estimate of drug-likeness (QED) is 0.627. The summed E-state index contributed by atoms with van der Waals surface area (Å²) in [6, 6.07) is 3.94. The average molecular weight is 189 g/mol. The van der Waals surface area contributed by atoms with Crippen LogP contribution < -0.4 is 0 Å². The lowest BCUT2D eigenvalue weighted by Crippen LogP contribution is -2.22. The predicted octanol–water partition coefficient (Wildman–Crippen LogP) is 2.34. The van der Waals surface area contributed by atoms with Crippen molar-refractivity contribution in [2.75, 3.05) is 0 Å². The fraction of sp³-hybridized carbons (Fsp3) is 0.500. The zero-order chi connectivity index (χ0) is 10.3. The van der Waals surface area contributed by atoms with E-state index in [1.54, 1.807) is 6.20 Å². The number of nitrogens with zero attached hydrogens (tertiary/aromatic N) is 1. The Kier molecular flexibility index (Phi) is 1.95. The molecule has 2 rings (SSSR count). The predicted molar refractivity (Wildman–Crippen MR) is 55.1 cm³/mol. The molecule has 1 heterocycles. The first kappa shape index (κ1) is 9.38. The third kappa shape index (κ3) is 1.35.